The lowest BCUT2D eigenvalue weighted by molar-refractivity contribution is -0.123. The van der Waals surface area contributed by atoms with E-state index < -0.39 is 0 Å². The predicted molar refractivity (Wildman–Crippen MR) is 118 cm³/mol. The number of ether oxygens (including phenoxy) is 1. The number of unbranched alkanes of at least 4 members (excludes halogenated alkanes) is 1. The van der Waals surface area contributed by atoms with E-state index in [1.807, 2.05) is 48.5 Å². The van der Waals surface area contributed by atoms with Crippen LogP contribution in [0.5, 0.6) is 5.75 Å². The van der Waals surface area contributed by atoms with E-state index in [2.05, 4.69) is 29.5 Å². The van der Waals surface area contributed by atoms with Crippen LogP contribution in [0.3, 0.4) is 0 Å². The number of carbonyl (C=O) groups excluding carboxylic acids is 2. The van der Waals surface area contributed by atoms with E-state index in [0.717, 1.165) is 45.1 Å². The maximum Gasteiger partial charge on any atom is 0.293 e. The minimum absolute atomic E-state index is 0.232. The third kappa shape index (κ3) is 5.35. The van der Waals surface area contributed by atoms with Crippen molar-refractivity contribution in [3.05, 3.63) is 68.1 Å². The molecule has 1 saturated heterocycles. The van der Waals surface area contributed by atoms with Crippen LogP contribution in [-0.4, -0.2) is 22.7 Å². The van der Waals surface area contributed by atoms with E-state index in [1.165, 1.54) is 4.90 Å². The molecule has 0 bridgehead atoms. The molecule has 140 valence electrons. The Morgan fingerprint density at radius 1 is 1.07 bits per heavy atom. The molecule has 0 N–H and O–H groups in total. The first kappa shape index (κ1) is 19.9. The van der Waals surface area contributed by atoms with E-state index in [9.17, 15) is 9.59 Å². The van der Waals surface area contributed by atoms with Gasteiger partial charge in [-0.05, 0) is 82.2 Å². The van der Waals surface area contributed by atoms with Gasteiger partial charge in [-0.15, -0.1) is 0 Å². The Labute approximate surface area is 177 Å². The van der Waals surface area contributed by atoms with Crippen LogP contribution in [-0.2, 0) is 11.3 Å². The highest BCUT2D eigenvalue weighted by Crippen LogP contribution is 2.33. The van der Waals surface area contributed by atoms with Crippen molar-refractivity contribution in [2.75, 3.05) is 6.61 Å². The number of nitrogens with zero attached hydrogens (tertiary/aromatic N) is 1. The van der Waals surface area contributed by atoms with Gasteiger partial charge in [0.15, 0.2) is 0 Å². The highest BCUT2D eigenvalue weighted by atomic mass is 127. The van der Waals surface area contributed by atoms with Crippen molar-refractivity contribution < 1.29 is 14.3 Å². The molecule has 1 fully saturated rings. The summed E-state index contributed by atoms with van der Waals surface area (Å²) >= 11 is 3.21. The molecule has 2 amide bonds. The van der Waals surface area contributed by atoms with Crippen LogP contribution >= 0.6 is 34.4 Å². The first-order valence-corrected chi connectivity index (χ1v) is 10.7. The van der Waals surface area contributed by atoms with Gasteiger partial charge >= 0.3 is 0 Å². The van der Waals surface area contributed by atoms with Crippen LogP contribution in [0.2, 0.25) is 0 Å². The highest BCUT2D eigenvalue weighted by molar-refractivity contribution is 14.1. The van der Waals surface area contributed by atoms with Crippen molar-refractivity contribution in [2.24, 2.45) is 0 Å². The summed E-state index contributed by atoms with van der Waals surface area (Å²) in [7, 11) is 0. The topological polar surface area (TPSA) is 46.6 Å². The average Bonchev–Trinajstić information content (AvgIpc) is 2.92. The highest BCUT2D eigenvalue weighted by Gasteiger charge is 2.34. The number of rotatable bonds is 7. The first-order chi connectivity index (χ1) is 13.1. The van der Waals surface area contributed by atoms with Gasteiger partial charge in [0, 0.05) is 3.57 Å². The lowest BCUT2D eigenvalue weighted by Gasteiger charge is -2.12. The summed E-state index contributed by atoms with van der Waals surface area (Å²) < 4.78 is 6.76. The van der Waals surface area contributed by atoms with Gasteiger partial charge in [-0.3, -0.25) is 14.5 Å². The summed E-state index contributed by atoms with van der Waals surface area (Å²) in [5.41, 5.74) is 1.81. The van der Waals surface area contributed by atoms with Crippen LogP contribution in [0.15, 0.2) is 53.4 Å². The van der Waals surface area contributed by atoms with Gasteiger partial charge in [0.05, 0.1) is 18.1 Å². The second kappa shape index (κ2) is 9.41. The van der Waals surface area contributed by atoms with Crippen molar-refractivity contribution in [2.45, 2.75) is 26.3 Å². The van der Waals surface area contributed by atoms with Crippen molar-refractivity contribution in [3.63, 3.8) is 0 Å². The maximum atomic E-state index is 12.6. The SMILES string of the molecule is CCCCOc1ccc(/C=C2\SC(=O)N(Cc3ccc(I)cc3)C2=O)cc1. The standard InChI is InChI=1S/C21H20INO3S/c1-2-3-12-26-18-10-6-15(7-11-18)13-19-20(24)23(21(25)27-19)14-16-4-8-17(22)9-5-16/h4-11,13H,2-3,12,14H2,1H3/b19-13-. The molecule has 1 aliphatic rings. The number of benzene rings is 2. The summed E-state index contributed by atoms with van der Waals surface area (Å²) in [6.45, 7) is 3.12. The Morgan fingerprint density at radius 2 is 1.78 bits per heavy atom. The molecule has 0 saturated carbocycles. The fourth-order valence-electron chi connectivity index (χ4n) is 2.55. The number of imide groups is 1. The summed E-state index contributed by atoms with van der Waals surface area (Å²) in [6, 6.07) is 15.4. The van der Waals surface area contributed by atoms with Gasteiger partial charge in [0.1, 0.15) is 5.75 Å². The molecule has 2 aromatic carbocycles. The molecule has 1 aliphatic heterocycles. The van der Waals surface area contributed by atoms with Gasteiger partial charge in [-0.2, -0.15) is 0 Å². The maximum absolute atomic E-state index is 12.6. The lowest BCUT2D eigenvalue weighted by atomic mass is 10.2. The third-order valence-electron chi connectivity index (χ3n) is 4.07. The molecule has 27 heavy (non-hydrogen) atoms. The zero-order valence-corrected chi connectivity index (χ0v) is 18.0. The van der Waals surface area contributed by atoms with Gasteiger partial charge < -0.3 is 4.74 Å². The van der Waals surface area contributed by atoms with E-state index >= 15 is 0 Å². The molecular formula is C21H20INO3S. The molecule has 6 heteroatoms. The Bertz CT molecular complexity index is 847. The number of halogens is 1. The molecule has 1 heterocycles. The minimum atomic E-state index is -0.244. The van der Waals surface area contributed by atoms with Gasteiger partial charge in [-0.1, -0.05) is 37.6 Å². The summed E-state index contributed by atoms with van der Waals surface area (Å²) in [5.74, 6) is 0.569. The van der Waals surface area contributed by atoms with E-state index in [4.69, 9.17) is 4.74 Å². The third-order valence-corrected chi connectivity index (χ3v) is 5.70. The quantitative estimate of drug-likeness (QED) is 0.282. The van der Waals surface area contributed by atoms with E-state index in [0.29, 0.717) is 18.1 Å². The van der Waals surface area contributed by atoms with Crippen molar-refractivity contribution in [1.29, 1.82) is 0 Å². The normalized spacial score (nSPS) is 15.6. The Kier molecular flexibility index (Phi) is 6.95. The molecule has 2 aromatic rings. The fraction of sp³-hybridized carbons (Fsp3) is 0.238. The van der Waals surface area contributed by atoms with Crippen molar-refractivity contribution >= 4 is 51.6 Å². The van der Waals surface area contributed by atoms with Gasteiger partial charge in [0.25, 0.3) is 11.1 Å². The van der Waals surface area contributed by atoms with E-state index in [1.54, 1.807) is 6.08 Å². The summed E-state index contributed by atoms with van der Waals surface area (Å²) in [6.07, 6.45) is 3.88. The molecule has 0 aliphatic carbocycles. The Morgan fingerprint density at radius 3 is 2.44 bits per heavy atom. The Hall–Kier alpha value is -1.80. The van der Waals surface area contributed by atoms with Crippen LogP contribution in [0.4, 0.5) is 4.79 Å². The Balaban J connectivity index is 1.67. The van der Waals surface area contributed by atoms with Crippen LogP contribution in [0.25, 0.3) is 6.08 Å². The predicted octanol–water partition coefficient (Wildman–Crippen LogP) is 5.71. The molecule has 4 nitrogen and oxygen atoms in total. The van der Waals surface area contributed by atoms with Crippen molar-refractivity contribution in [1.82, 2.24) is 4.90 Å². The van der Waals surface area contributed by atoms with Crippen molar-refractivity contribution in [3.8, 4) is 5.75 Å². The number of amides is 2. The largest absolute Gasteiger partial charge is 0.494 e. The molecular weight excluding hydrogens is 473 g/mol. The fourth-order valence-corrected chi connectivity index (χ4v) is 3.75. The monoisotopic (exact) mass is 493 g/mol. The molecule has 0 radical (unpaired) electrons. The van der Waals surface area contributed by atoms with Crippen LogP contribution < -0.4 is 4.74 Å². The second-order valence-corrected chi connectivity index (χ2v) is 8.40. The minimum Gasteiger partial charge on any atom is -0.494 e. The lowest BCUT2D eigenvalue weighted by Crippen LogP contribution is -2.27. The number of hydrogen-bond acceptors (Lipinski definition) is 4. The summed E-state index contributed by atoms with van der Waals surface area (Å²) in [4.78, 5) is 26.6. The van der Waals surface area contributed by atoms with Crippen LogP contribution in [0, 0.1) is 3.57 Å². The molecule has 0 unspecified atom stereocenters. The molecule has 0 atom stereocenters. The zero-order chi connectivity index (χ0) is 19.2. The number of hydrogen-bond donors (Lipinski definition) is 0. The molecule has 0 spiro atoms. The number of thioether (sulfide) groups is 1. The molecule has 3 rings (SSSR count). The average molecular weight is 493 g/mol. The molecule has 0 aromatic heterocycles. The second-order valence-electron chi connectivity index (χ2n) is 6.17. The smallest absolute Gasteiger partial charge is 0.293 e. The van der Waals surface area contributed by atoms with Gasteiger partial charge in [-0.25, -0.2) is 0 Å². The van der Waals surface area contributed by atoms with Crippen LogP contribution in [0.1, 0.15) is 30.9 Å². The summed E-state index contributed by atoms with van der Waals surface area (Å²) in [5, 5.41) is -0.232. The first-order valence-electron chi connectivity index (χ1n) is 8.79. The van der Waals surface area contributed by atoms with E-state index in [-0.39, 0.29) is 11.1 Å². The van der Waals surface area contributed by atoms with Gasteiger partial charge in [0.2, 0.25) is 0 Å². The zero-order valence-electron chi connectivity index (χ0n) is 15.0. The number of carbonyl (C=O) groups is 2.